The van der Waals surface area contributed by atoms with E-state index in [0.29, 0.717) is 3.57 Å². The monoisotopic (exact) mass is 377 g/mol. The summed E-state index contributed by atoms with van der Waals surface area (Å²) in [6, 6.07) is 2.40. The van der Waals surface area contributed by atoms with Crippen molar-refractivity contribution >= 4 is 48.0 Å². The van der Waals surface area contributed by atoms with E-state index in [0.717, 1.165) is 7.11 Å². The summed E-state index contributed by atoms with van der Waals surface area (Å²) in [5, 5.41) is 10.7. The van der Waals surface area contributed by atoms with Gasteiger partial charge in [0.25, 0.3) is 9.05 Å². The van der Waals surface area contributed by atoms with E-state index in [-0.39, 0.29) is 5.75 Å². The van der Waals surface area contributed by atoms with Crippen molar-refractivity contribution in [2.75, 3.05) is 7.11 Å². The molecule has 1 aromatic carbocycles. The second-order valence-corrected chi connectivity index (χ2v) is 6.43. The Labute approximate surface area is 109 Å². The third-order valence-electron chi connectivity index (χ3n) is 1.66. The summed E-state index contributed by atoms with van der Waals surface area (Å²) in [6.07, 6.45) is 0. The van der Waals surface area contributed by atoms with Crippen molar-refractivity contribution in [3.05, 3.63) is 25.8 Å². The zero-order valence-corrected chi connectivity index (χ0v) is 11.5. The maximum absolute atomic E-state index is 11.2. The second-order valence-electron chi connectivity index (χ2n) is 2.65. The van der Waals surface area contributed by atoms with Crippen molar-refractivity contribution in [1.82, 2.24) is 0 Å². The molecule has 0 aliphatic rings. The highest BCUT2D eigenvalue weighted by Crippen LogP contribution is 2.37. The fourth-order valence-corrected chi connectivity index (χ4v) is 2.92. The Balaban J connectivity index is 3.68. The van der Waals surface area contributed by atoms with Gasteiger partial charge in [-0.3, -0.25) is 10.1 Å². The van der Waals surface area contributed by atoms with Crippen molar-refractivity contribution in [3.63, 3.8) is 0 Å². The summed E-state index contributed by atoms with van der Waals surface area (Å²) in [4.78, 5) is 9.56. The number of rotatable bonds is 3. The summed E-state index contributed by atoms with van der Waals surface area (Å²) in [6.45, 7) is 0. The largest absolute Gasteiger partial charge is 0.489 e. The number of hydrogen-bond donors (Lipinski definition) is 0. The zero-order valence-electron chi connectivity index (χ0n) is 7.81. The molecule has 16 heavy (non-hydrogen) atoms. The molecule has 0 saturated heterocycles. The number of nitro groups is 1. The van der Waals surface area contributed by atoms with Gasteiger partial charge in [0.1, 0.15) is 4.90 Å². The summed E-state index contributed by atoms with van der Waals surface area (Å²) in [5.41, 5.74) is -0.436. The highest BCUT2D eigenvalue weighted by Gasteiger charge is 2.26. The second kappa shape index (κ2) is 4.72. The SMILES string of the molecule is COc1c([N+](=O)[O-])cc(I)cc1S(=O)(=O)Cl. The van der Waals surface area contributed by atoms with Crippen LogP contribution in [0, 0.1) is 13.7 Å². The molecule has 0 aromatic heterocycles. The van der Waals surface area contributed by atoms with Crippen molar-refractivity contribution in [3.8, 4) is 5.75 Å². The van der Waals surface area contributed by atoms with E-state index in [4.69, 9.17) is 15.4 Å². The molecule has 6 nitrogen and oxygen atoms in total. The van der Waals surface area contributed by atoms with Crippen LogP contribution in [-0.2, 0) is 9.05 Å². The summed E-state index contributed by atoms with van der Waals surface area (Å²) >= 11 is 1.75. The van der Waals surface area contributed by atoms with Crippen molar-refractivity contribution in [2.24, 2.45) is 0 Å². The van der Waals surface area contributed by atoms with E-state index in [2.05, 4.69) is 0 Å². The molecule has 0 radical (unpaired) electrons. The van der Waals surface area contributed by atoms with E-state index in [1.807, 2.05) is 0 Å². The minimum absolute atomic E-state index is 0.361. The van der Waals surface area contributed by atoms with Gasteiger partial charge in [-0.1, -0.05) is 0 Å². The number of nitro benzene ring substituents is 1. The van der Waals surface area contributed by atoms with Crippen molar-refractivity contribution < 1.29 is 18.1 Å². The highest BCUT2D eigenvalue weighted by atomic mass is 127. The highest BCUT2D eigenvalue weighted by molar-refractivity contribution is 14.1. The van der Waals surface area contributed by atoms with Crippen LogP contribution in [0.4, 0.5) is 5.69 Å². The molecule has 1 aromatic rings. The van der Waals surface area contributed by atoms with Crippen LogP contribution in [0.1, 0.15) is 0 Å². The summed E-state index contributed by atoms with van der Waals surface area (Å²) in [5.74, 6) is -0.361. The molecule has 0 heterocycles. The average Bonchev–Trinajstić information content (AvgIpc) is 2.14. The number of methoxy groups -OCH3 is 1. The topological polar surface area (TPSA) is 86.5 Å². The smallest absolute Gasteiger partial charge is 0.313 e. The molecule has 0 amide bonds. The number of hydrogen-bond acceptors (Lipinski definition) is 5. The van der Waals surface area contributed by atoms with Crippen LogP contribution in [0.2, 0.25) is 0 Å². The van der Waals surface area contributed by atoms with Crippen LogP contribution in [0.25, 0.3) is 0 Å². The number of nitrogens with zero attached hydrogens (tertiary/aromatic N) is 1. The van der Waals surface area contributed by atoms with Crippen molar-refractivity contribution in [1.29, 1.82) is 0 Å². The van der Waals surface area contributed by atoms with Gasteiger partial charge >= 0.3 is 5.69 Å². The van der Waals surface area contributed by atoms with Gasteiger partial charge in [-0.05, 0) is 28.7 Å². The predicted octanol–water partition coefficient (Wildman–Crippen LogP) is 2.14. The molecule has 0 aliphatic carbocycles. The Morgan fingerprint density at radius 2 is 2.06 bits per heavy atom. The number of ether oxygens (including phenoxy) is 1. The quantitative estimate of drug-likeness (QED) is 0.349. The van der Waals surface area contributed by atoms with Crippen LogP contribution < -0.4 is 4.74 Å². The first-order valence-electron chi connectivity index (χ1n) is 3.74. The van der Waals surface area contributed by atoms with Crippen LogP contribution >= 0.6 is 33.3 Å². The normalized spacial score (nSPS) is 11.2. The van der Waals surface area contributed by atoms with Gasteiger partial charge in [0.15, 0.2) is 0 Å². The van der Waals surface area contributed by atoms with Crippen LogP contribution in [0.15, 0.2) is 17.0 Å². The lowest BCUT2D eigenvalue weighted by atomic mass is 10.3. The minimum atomic E-state index is -4.09. The Morgan fingerprint density at radius 1 is 1.50 bits per heavy atom. The third-order valence-corrected chi connectivity index (χ3v) is 3.61. The van der Waals surface area contributed by atoms with E-state index in [1.54, 1.807) is 22.6 Å². The molecule has 0 spiro atoms. The van der Waals surface area contributed by atoms with E-state index < -0.39 is 24.6 Å². The molecule has 0 atom stereocenters. The van der Waals surface area contributed by atoms with Crippen LogP contribution in [-0.4, -0.2) is 20.5 Å². The molecule has 88 valence electrons. The van der Waals surface area contributed by atoms with Crippen molar-refractivity contribution in [2.45, 2.75) is 4.90 Å². The Kier molecular flexibility index (Phi) is 3.97. The van der Waals surface area contributed by atoms with Gasteiger partial charge in [-0.25, -0.2) is 8.42 Å². The lowest BCUT2D eigenvalue weighted by molar-refractivity contribution is -0.386. The lowest BCUT2D eigenvalue weighted by Gasteiger charge is -2.06. The third kappa shape index (κ3) is 2.74. The molecule has 0 N–H and O–H groups in total. The Bertz CT molecular complexity index is 544. The molecule has 0 saturated carbocycles. The van der Waals surface area contributed by atoms with E-state index in [1.165, 1.54) is 12.1 Å². The molecule has 0 fully saturated rings. The summed E-state index contributed by atoms with van der Waals surface area (Å²) < 4.78 is 27.5. The molecular formula is C7H5ClINO5S. The maximum atomic E-state index is 11.2. The van der Waals surface area contributed by atoms with Crippen LogP contribution in [0.5, 0.6) is 5.75 Å². The lowest BCUT2D eigenvalue weighted by Crippen LogP contribution is -2.01. The first-order chi connectivity index (χ1) is 7.27. The van der Waals surface area contributed by atoms with Gasteiger partial charge in [0.2, 0.25) is 5.75 Å². The molecule has 0 bridgehead atoms. The Hall–Kier alpha value is -0.610. The number of benzene rings is 1. The van der Waals surface area contributed by atoms with Gasteiger partial charge < -0.3 is 4.74 Å². The van der Waals surface area contributed by atoms with E-state index >= 15 is 0 Å². The Morgan fingerprint density at radius 3 is 2.44 bits per heavy atom. The first-order valence-corrected chi connectivity index (χ1v) is 7.12. The molecule has 0 unspecified atom stereocenters. The van der Waals surface area contributed by atoms with E-state index in [9.17, 15) is 18.5 Å². The first kappa shape index (κ1) is 13.5. The fourth-order valence-electron chi connectivity index (χ4n) is 1.08. The summed E-state index contributed by atoms with van der Waals surface area (Å²) in [7, 11) is 2.21. The molecule has 1 rings (SSSR count). The predicted molar refractivity (Wildman–Crippen MR) is 65.4 cm³/mol. The fraction of sp³-hybridized carbons (Fsp3) is 0.143. The average molecular weight is 378 g/mol. The van der Waals surface area contributed by atoms with Crippen LogP contribution in [0.3, 0.4) is 0 Å². The van der Waals surface area contributed by atoms with Gasteiger partial charge in [0.05, 0.1) is 12.0 Å². The molecular weight excluding hydrogens is 373 g/mol. The standard InChI is InChI=1S/C7H5ClINO5S/c1-15-7-5(10(11)12)2-4(9)3-6(7)16(8,13)14/h2-3H,1H3. The van der Waals surface area contributed by atoms with Gasteiger partial charge in [-0.15, -0.1) is 0 Å². The molecule has 9 heteroatoms. The molecule has 0 aliphatic heterocycles. The minimum Gasteiger partial charge on any atom is -0.489 e. The zero-order chi connectivity index (χ0) is 12.5. The maximum Gasteiger partial charge on any atom is 0.313 e. The van der Waals surface area contributed by atoms with Gasteiger partial charge in [-0.2, -0.15) is 0 Å². The number of halogens is 2. The van der Waals surface area contributed by atoms with Gasteiger partial charge in [0, 0.05) is 20.3 Å².